The van der Waals surface area contributed by atoms with Crippen LogP contribution in [-0.4, -0.2) is 20.8 Å². The predicted molar refractivity (Wildman–Crippen MR) is 90.8 cm³/mol. The van der Waals surface area contributed by atoms with Crippen molar-refractivity contribution in [2.24, 2.45) is 0 Å². The highest BCUT2D eigenvalue weighted by molar-refractivity contribution is 7.09. The van der Waals surface area contributed by atoms with Crippen molar-refractivity contribution < 1.29 is 0 Å². The molecule has 0 fully saturated rings. The molecule has 3 aromatic rings. The molecule has 22 heavy (non-hydrogen) atoms. The zero-order valence-corrected chi connectivity index (χ0v) is 13.6. The normalized spacial score (nSPS) is 13.9. The van der Waals surface area contributed by atoms with Gasteiger partial charge in [0.25, 0.3) is 0 Å². The largest absolute Gasteiger partial charge is 0.306 e. The highest BCUT2D eigenvalue weighted by Gasteiger charge is 2.14. The van der Waals surface area contributed by atoms with Crippen molar-refractivity contribution in [3.8, 4) is 11.3 Å². The Morgan fingerprint density at radius 2 is 2.00 bits per heavy atom. The van der Waals surface area contributed by atoms with Crippen LogP contribution in [0.4, 0.5) is 0 Å². The Bertz CT molecular complexity index is 691. The first-order valence-corrected chi connectivity index (χ1v) is 8.34. The van der Waals surface area contributed by atoms with Crippen LogP contribution < -0.4 is 5.32 Å². The summed E-state index contributed by atoms with van der Waals surface area (Å²) in [5.41, 5.74) is 2.22. The van der Waals surface area contributed by atoms with E-state index in [2.05, 4.69) is 41.8 Å². The maximum absolute atomic E-state index is 4.71. The lowest BCUT2D eigenvalue weighted by Gasteiger charge is -2.21. The first-order chi connectivity index (χ1) is 10.7. The SMILES string of the molecule is C[C@@H](NCc1nc(-c2ccccc2)cs1)[C@H](C)n1cccn1. The Kier molecular flexibility index (Phi) is 4.65. The van der Waals surface area contributed by atoms with Gasteiger partial charge in [-0.15, -0.1) is 11.3 Å². The van der Waals surface area contributed by atoms with E-state index in [9.17, 15) is 0 Å². The molecular formula is C17H20N4S. The minimum atomic E-state index is 0.309. The van der Waals surface area contributed by atoms with Gasteiger partial charge >= 0.3 is 0 Å². The second-order valence-corrected chi connectivity index (χ2v) is 6.33. The van der Waals surface area contributed by atoms with Gasteiger partial charge in [-0.25, -0.2) is 4.98 Å². The van der Waals surface area contributed by atoms with E-state index in [1.165, 1.54) is 5.56 Å². The molecule has 0 aliphatic rings. The van der Waals surface area contributed by atoms with E-state index >= 15 is 0 Å². The van der Waals surface area contributed by atoms with Gasteiger partial charge in [-0.3, -0.25) is 4.68 Å². The summed E-state index contributed by atoms with van der Waals surface area (Å²) in [6, 6.07) is 12.9. The van der Waals surface area contributed by atoms with Crippen LogP contribution in [0.5, 0.6) is 0 Å². The van der Waals surface area contributed by atoms with Crippen molar-refractivity contribution in [3.63, 3.8) is 0 Å². The maximum atomic E-state index is 4.71. The Labute approximate surface area is 134 Å². The molecule has 2 heterocycles. The van der Waals surface area contributed by atoms with E-state index in [0.717, 1.165) is 17.2 Å². The average Bonchev–Trinajstić information content (AvgIpc) is 3.24. The molecule has 0 aliphatic carbocycles. The highest BCUT2D eigenvalue weighted by atomic mass is 32.1. The number of benzene rings is 1. The first kappa shape index (κ1) is 14.9. The van der Waals surface area contributed by atoms with Crippen molar-refractivity contribution in [3.05, 3.63) is 59.2 Å². The van der Waals surface area contributed by atoms with E-state index in [0.29, 0.717) is 12.1 Å². The molecular weight excluding hydrogens is 292 g/mol. The minimum absolute atomic E-state index is 0.309. The van der Waals surface area contributed by atoms with E-state index in [4.69, 9.17) is 4.98 Å². The third-order valence-electron chi connectivity index (χ3n) is 3.86. The molecule has 1 aromatic carbocycles. The number of thiazole rings is 1. The van der Waals surface area contributed by atoms with Gasteiger partial charge in [-0.1, -0.05) is 30.3 Å². The Morgan fingerprint density at radius 1 is 1.18 bits per heavy atom. The van der Waals surface area contributed by atoms with E-state index in [1.807, 2.05) is 41.3 Å². The Hall–Kier alpha value is -1.98. The fourth-order valence-electron chi connectivity index (χ4n) is 2.30. The van der Waals surface area contributed by atoms with Crippen LogP contribution >= 0.6 is 11.3 Å². The summed E-state index contributed by atoms with van der Waals surface area (Å²) in [6.07, 6.45) is 3.82. The number of nitrogens with one attached hydrogen (secondary N) is 1. The molecule has 2 atom stereocenters. The average molecular weight is 312 g/mol. The third-order valence-corrected chi connectivity index (χ3v) is 4.71. The smallest absolute Gasteiger partial charge is 0.107 e. The summed E-state index contributed by atoms with van der Waals surface area (Å²) in [5, 5.41) is 11.1. The number of aromatic nitrogens is 3. The van der Waals surface area contributed by atoms with E-state index in [-0.39, 0.29) is 0 Å². The lowest BCUT2D eigenvalue weighted by atomic mass is 10.2. The summed E-state index contributed by atoms with van der Waals surface area (Å²) in [4.78, 5) is 4.71. The zero-order valence-electron chi connectivity index (χ0n) is 12.8. The molecule has 5 heteroatoms. The van der Waals surface area contributed by atoms with Crippen LogP contribution in [0.15, 0.2) is 54.2 Å². The molecule has 0 unspecified atom stereocenters. The fraction of sp³-hybridized carbons (Fsp3) is 0.294. The first-order valence-electron chi connectivity index (χ1n) is 7.46. The van der Waals surface area contributed by atoms with Crippen LogP contribution in [0.25, 0.3) is 11.3 Å². The van der Waals surface area contributed by atoms with Crippen molar-refractivity contribution >= 4 is 11.3 Å². The van der Waals surface area contributed by atoms with Crippen molar-refractivity contribution in [2.75, 3.05) is 0 Å². The van der Waals surface area contributed by atoms with Gasteiger partial charge < -0.3 is 5.32 Å². The zero-order chi connectivity index (χ0) is 15.4. The molecule has 2 aromatic heterocycles. The van der Waals surface area contributed by atoms with Gasteiger partial charge in [-0.2, -0.15) is 5.10 Å². The number of rotatable bonds is 6. The van der Waals surface area contributed by atoms with Gasteiger partial charge in [-0.05, 0) is 19.9 Å². The second-order valence-electron chi connectivity index (χ2n) is 5.39. The fourth-order valence-corrected chi connectivity index (χ4v) is 3.06. The van der Waals surface area contributed by atoms with Crippen molar-refractivity contribution in [2.45, 2.75) is 32.5 Å². The van der Waals surface area contributed by atoms with Crippen LogP contribution in [-0.2, 0) is 6.54 Å². The Morgan fingerprint density at radius 3 is 2.73 bits per heavy atom. The lowest BCUT2D eigenvalue weighted by molar-refractivity contribution is 0.365. The molecule has 0 spiro atoms. The van der Waals surface area contributed by atoms with Gasteiger partial charge in [0.1, 0.15) is 5.01 Å². The summed E-state index contributed by atoms with van der Waals surface area (Å²) in [7, 11) is 0. The number of hydrogen-bond donors (Lipinski definition) is 1. The molecule has 0 radical (unpaired) electrons. The predicted octanol–water partition coefficient (Wildman–Crippen LogP) is 3.75. The van der Waals surface area contributed by atoms with Gasteiger partial charge in [0, 0.05) is 35.9 Å². The standard InChI is InChI=1S/C17H20N4S/c1-13(14(2)21-10-6-9-19-21)18-11-17-20-16(12-22-17)15-7-4-3-5-8-15/h3-10,12-14,18H,11H2,1-2H3/t13-,14+/m1/s1. The maximum Gasteiger partial charge on any atom is 0.107 e. The molecule has 0 amide bonds. The molecule has 1 N–H and O–H groups in total. The lowest BCUT2D eigenvalue weighted by Crippen LogP contribution is -2.33. The van der Waals surface area contributed by atoms with Crippen LogP contribution in [0.3, 0.4) is 0 Å². The molecule has 0 saturated heterocycles. The minimum Gasteiger partial charge on any atom is -0.306 e. The molecule has 4 nitrogen and oxygen atoms in total. The summed E-state index contributed by atoms with van der Waals surface area (Å²) >= 11 is 1.70. The molecule has 0 saturated carbocycles. The van der Waals surface area contributed by atoms with Gasteiger partial charge in [0.2, 0.25) is 0 Å². The van der Waals surface area contributed by atoms with E-state index < -0.39 is 0 Å². The molecule has 0 aliphatic heterocycles. The topological polar surface area (TPSA) is 42.7 Å². The molecule has 114 valence electrons. The third kappa shape index (κ3) is 3.43. The second kappa shape index (κ2) is 6.85. The van der Waals surface area contributed by atoms with Crippen LogP contribution in [0, 0.1) is 0 Å². The number of nitrogens with zero attached hydrogens (tertiary/aromatic N) is 3. The quantitative estimate of drug-likeness (QED) is 0.754. The van der Waals surface area contributed by atoms with Crippen molar-refractivity contribution in [1.29, 1.82) is 0 Å². The highest BCUT2D eigenvalue weighted by Crippen LogP contribution is 2.21. The summed E-state index contributed by atoms with van der Waals surface area (Å²) in [6.45, 7) is 5.13. The Balaban J connectivity index is 1.59. The molecule has 0 bridgehead atoms. The monoisotopic (exact) mass is 312 g/mol. The van der Waals surface area contributed by atoms with Crippen LogP contribution in [0.1, 0.15) is 24.9 Å². The van der Waals surface area contributed by atoms with Gasteiger partial charge in [0.05, 0.1) is 11.7 Å². The summed E-state index contributed by atoms with van der Waals surface area (Å²) < 4.78 is 1.98. The summed E-state index contributed by atoms with van der Waals surface area (Å²) in [5.74, 6) is 0. The van der Waals surface area contributed by atoms with Crippen molar-refractivity contribution in [1.82, 2.24) is 20.1 Å². The molecule has 3 rings (SSSR count). The van der Waals surface area contributed by atoms with E-state index in [1.54, 1.807) is 11.3 Å². The van der Waals surface area contributed by atoms with Gasteiger partial charge in [0.15, 0.2) is 0 Å². The van der Waals surface area contributed by atoms with Crippen LogP contribution in [0.2, 0.25) is 0 Å². The number of hydrogen-bond acceptors (Lipinski definition) is 4.